The fraction of sp³-hybridized carbons (Fsp3) is 0.733. The van der Waals surface area contributed by atoms with Crippen molar-refractivity contribution in [3.63, 3.8) is 0 Å². The van der Waals surface area contributed by atoms with E-state index >= 15 is 0 Å². The zero-order chi connectivity index (χ0) is 13.8. The summed E-state index contributed by atoms with van der Waals surface area (Å²) < 4.78 is 0. The first-order valence-corrected chi connectivity index (χ1v) is 8.38. The largest absolute Gasteiger partial charge is 0.356 e. The smallest absolute Gasteiger partial charge is 0.133 e. The summed E-state index contributed by atoms with van der Waals surface area (Å²) >= 11 is 3.56. The molecule has 0 aromatic carbocycles. The van der Waals surface area contributed by atoms with Gasteiger partial charge in [-0.1, -0.05) is 29.8 Å². The van der Waals surface area contributed by atoms with Crippen LogP contribution in [0, 0.1) is 12.8 Å². The van der Waals surface area contributed by atoms with Gasteiger partial charge in [0.1, 0.15) is 11.6 Å². The molecule has 1 aliphatic rings. The quantitative estimate of drug-likeness (QED) is 0.786. The van der Waals surface area contributed by atoms with Gasteiger partial charge >= 0.3 is 0 Å². The number of hydrogen-bond donors (Lipinski definition) is 0. The summed E-state index contributed by atoms with van der Waals surface area (Å²) in [5, 5.41) is 1.10. The minimum absolute atomic E-state index is 0.391. The van der Waals surface area contributed by atoms with Crippen LogP contribution in [-0.4, -0.2) is 28.4 Å². The molecule has 2 rings (SSSR count). The van der Waals surface area contributed by atoms with Crippen molar-refractivity contribution < 1.29 is 0 Å². The highest BCUT2D eigenvalue weighted by Gasteiger charge is 2.21. The summed E-state index contributed by atoms with van der Waals surface area (Å²) in [5.74, 6) is 3.28. The molecule has 0 amide bonds. The summed E-state index contributed by atoms with van der Waals surface area (Å²) in [5.41, 5.74) is 1.08. The zero-order valence-electron chi connectivity index (χ0n) is 12.2. The van der Waals surface area contributed by atoms with Gasteiger partial charge in [-0.25, -0.2) is 9.97 Å². The first kappa shape index (κ1) is 14.8. The summed E-state index contributed by atoms with van der Waals surface area (Å²) in [6.07, 6.45) is 3.89. The lowest BCUT2D eigenvalue weighted by molar-refractivity contribution is 0.405. The van der Waals surface area contributed by atoms with E-state index < -0.39 is 0 Å². The van der Waals surface area contributed by atoms with Gasteiger partial charge in [0.2, 0.25) is 0 Å². The van der Waals surface area contributed by atoms with Crippen molar-refractivity contribution in [2.75, 3.05) is 23.3 Å². The van der Waals surface area contributed by atoms with E-state index in [1.165, 1.54) is 19.3 Å². The van der Waals surface area contributed by atoms with Gasteiger partial charge in [0.15, 0.2) is 0 Å². The van der Waals surface area contributed by atoms with Crippen LogP contribution < -0.4 is 4.90 Å². The van der Waals surface area contributed by atoms with E-state index in [4.69, 9.17) is 4.98 Å². The number of nitrogens with zero attached hydrogens (tertiary/aromatic N) is 3. The topological polar surface area (TPSA) is 29.0 Å². The maximum absolute atomic E-state index is 4.75. The van der Waals surface area contributed by atoms with Gasteiger partial charge in [0.05, 0.1) is 0 Å². The van der Waals surface area contributed by atoms with Crippen LogP contribution in [0.3, 0.4) is 0 Å². The second kappa shape index (κ2) is 6.69. The van der Waals surface area contributed by atoms with Crippen LogP contribution in [0.5, 0.6) is 0 Å². The predicted molar refractivity (Wildman–Crippen MR) is 84.2 cm³/mol. The van der Waals surface area contributed by atoms with Crippen molar-refractivity contribution in [3.8, 4) is 0 Å². The molecule has 1 atom stereocenters. The lowest BCUT2D eigenvalue weighted by Gasteiger charge is -2.33. The Balaban J connectivity index is 2.16. The number of halogens is 1. The molecule has 1 unspecified atom stereocenters. The maximum atomic E-state index is 4.75. The molecule has 0 N–H and O–H groups in total. The number of rotatable bonds is 4. The van der Waals surface area contributed by atoms with Crippen LogP contribution in [0.4, 0.5) is 5.82 Å². The van der Waals surface area contributed by atoms with E-state index in [1.807, 2.05) is 0 Å². The minimum atomic E-state index is 0.391. The van der Waals surface area contributed by atoms with E-state index in [0.29, 0.717) is 5.92 Å². The number of alkyl halides is 1. The number of aromatic nitrogens is 2. The van der Waals surface area contributed by atoms with Gasteiger partial charge in [-0.2, -0.15) is 0 Å². The minimum Gasteiger partial charge on any atom is -0.356 e. The van der Waals surface area contributed by atoms with Crippen LogP contribution in [0.1, 0.15) is 50.5 Å². The summed E-state index contributed by atoms with van der Waals surface area (Å²) in [7, 11) is 0. The third-order valence-corrected chi connectivity index (χ3v) is 4.19. The van der Waals surface area contributed by atoms with Crippen LogP contribution >= 0.6 is 15.9 Å². The summed E-state index contributed by atoms with van der Waals surface area (Å²) in [4.78, 5) is 11.7. The Morgan fingerprint density at radius 3 is 2.89 bits per heavy atom. The standard InChI is InChI=1S/C15H24BrN3/c1-11(2)15-17-12(3)9-14(18-15)19-8-4-5-13(10-19)6-7-16/h9,11,13H,4-8,10H2,1-3H3. The molecule has 1 saturated heterocycles. The van der Waals surface area contributed by atoms with Crippen molar-refractivity contribution in [2.45, 2.75) is 46.0 Å². The molecule has 1 aliphatic heterocycles. The molecular weight excluding hydrogens is 302 g/mol. The van der Waals surface area contributed by atoms with Gasteiger partial charge in [0, 0.05) is 36.1 Å². The van der Waals surface area contributed by atoms with Crippen LogP contribution in [0.25, 0.3) is 0 Å². The molecule has 106 valence electrons. The lowest BCUT2D eigenvalue weighted by atomic mass is 9.95. The van der Waals surface area contributed by atoms with Gasteiger partial charge in [-0.15, -0.1) is 0 Å². The number of aryl methyl sites for hydroxylation is 1. The lowest BCUT2D eigenvalue weighted by Crippen LogP contribution is -2.36. The summed E-state index contributed by atoms with van der Waals surface area (Å²) in [6.45, 7) is 8.65. The predicted octanol–water partition coefficient (Wildman–Crippen LogP) is 3.91. The maximum Gasteiger partial charge on any atom is 0.133 e. The zero-order valence-corrected chi connectivity index (χ0v) is 13.8. The molecule has 3 nitrogen and oxygen atoms in total. The van der Waals surface area contributed by atoms with E-state index in [0.717, 1.165) is 41.7 Å². The van der Waals surface area contributed by atoms with Gasteiger partial charge in [0.25, 0.3) is 0 Å². The molecule has 19 heavy (non-hydrogen) atoms. The van der Waals surface area contributed by atoms with Gasteiger partial charge in [-0.3, -0.25) is 0 Å². The molecule has 1 aromatic heterocycles. The molecule has 1 aromatic rings. The fourth-order valence-corrected chi connectivity index (χ4v) is 3.31. The van der Waals surface area contributed by atoms with Crippen molar-refractivity contribution in [1.82, 2.24) is 9.97 Å². The Bertz CT molecular complexity index is 418. The van der Waals surface area contributed by atoms with Gasteiger partial charge in [-0.05, 0) is 32.1 Å². The van der Waals surface area contributed by atoms with E-state index in [1.54, 1.807) is 0 Å². The van der Waals surface area contributed by atoms with Crippen molar-refractivity contribution in [3.05, 3.63) is 17.6 Å². The fourth-order valence-electron chi connectivity index (χ4n) is 2.66. The Labute approximate surface area is 125 Å². The highest BCUT2D eigenvalue weighted by molar-refractivity contribution is 9.09. The molecule has 0 aliphatic carbocycles. The monoisotopic (exact) mass is 325 g/mol. The Kier molecular flexibility index (Phi) is 5.20. The molecule has 2 heterocycles. The average Bonchev–Trinajstić information content (AvgIpc) is 2.38. The number of anilines is 1. The highest BCUT2D eigenvalue weighted by atomic mass is 79.9. The summed E-state index contributed by atoms with van der Waals surface area (Å²) in [6, 6.07) is 2.13. The first-order chi connectivity index (χ1) is 9.10. The normalized spacial score (nSPS) is 20.1. The molecule has 0 spiro atoms. The number of piperidine rings is 1. The Morgan fingerprint density at radius 2 is 2.21 bits per heavy atom. The van der Waals surface area contributed by atoms with Crippen molar-refractivity contribution >= 4 is 21.7 Å². The number of hydrogen-bond acceptors (Lipinski definition) is 3. The third-order valence-electron chi connectivity index (χ3n) is 3.73. The highest BCUT2D eigenvalue weighted by Crippen LogP contribution is 2.25. The van der Waals surface area contributed by atoms with E-state index in [9.17, 15) is 0 Å². The molecule has 4 heteroatoms. The SMILES string of the molecule is Cc1cc(N2CCCC(CCBr)C2)nc(C(C)C)n1. The van der Waals surface area contributed by atoms with Crippen molar-refractivity contribution in [1.29, 1.82) is 0 Å². The molecule has 1 fully saturated rings. The van der Waals surface area contributed by atoms with Crippen LogP contribution in [0.15, 0.2) is 6.07 Å². The third kappa shape index (κ3) is 3.91. The van der Waals surface area contributed by atoms with Crippen molar-refractivity contribution in [2.24, 2.45) is 5.92 Å². The molecule has 0 radical (unpaired) electrons. The first-order valence-electron chi connectivity index (χ1n) is 7.26. The van der Waals surface area contributed by atoms with Gasteiger partial charge < -0.3 is 4.90 Å². The molecule has 0 bridgehead atoms. The second-order valence-corrected chi connectivity index (χ2v) is 6.61. The Hall–Kier alpha value is -0.640. The van der Waals surface area contributed by atoms with E-state index in [-0.39, 0.29) is 0 Å². The molecular formula is C15H24BrN3. The average molecular weight is 326 g/mol. The Morgan fingerprint density at radius 1 is 1.42 bits per heavy atom. The molecule has 0 saturated carbocycles. The van der Waals surface area contributed by atoms with Crippen LogP contribution in [-0.2, 0) is 0 Å². The van der Waals surface area contributed by atoms with E-state index in [2.05, 4.69) is 52.7 Å². The second-order valence-electron chi connectivity index (χ2n) is 5.81. The van der Waals surface area contributed by atoms with Crippen LogP contribution in [0.2, 0.25) is 0 Å².